The number of hydrogen-bond donors (Lipinski definition) is 0. The summed E-state index contributed by atoms with van der Waals surface area (Å²) in [5.41, 5.74) is -0.806. The number of halogens is 3. The monoisotopic (exact) mass is 555 g/mol. The quantitative estimate of drug-likeness (QED) is 0.429. The molecule has 11 heteroatoms. The standard InChI is InChI=1S/C28H28F3N5O2S/c1-16(18-4-3-5-19(23(18)29)24(30)31)8-22-20-9-21(26(37)36(2)25(20)34-15-33-22)28(12-32)10-27(11-28)13-39(38,14-27)35-17-6-7-17/h3-5,9,15-17,24H,6-8,10-11,13-14H2,1-2H3/t16-,27?,28?,39?/m0/s1. The fraction of sp³-hybridized carbons (Fsp3) is 0.500. The van der Waals surface area contributed by atoms with Crippen LogP contribution in [0.2, 0.25) is 0 Å². The van der Waals surface area contributed by atoms with Gasteiger partial charge < -0.3 is 0 Å². The first-order valence-corrected chi connectivity index (χ1v) is 14.9. The molecule has 2 saturated carbocycles. The van der Waals surface area contributed by atoms with Gasteiger partial charge in [0.2, 0.25) is 0 Å². The molecule has 1 spiro atoms. The van der Waals surface area contributed by atoms with Crippen LogP contribution in [0.5, 0.6) is 0 Å². The van der Waals surface area contributed by atoms with Gasteiger partial charge in [0, 0.05) is 39.2 Å². The van der Waals surface area contributed by atoms with Crippen molar-refractivity contribution in [1.29, 1.82) is 5.26 Å². The SMILES string of the molecule is C[C@@H](Cc1ncnc2c1cc(C1(C#N)CC3(C1)CS(=O)(=NC1CC1)C3)c(=O)n2C)c1cccc(C(F)F)c1F. The molecule has 0 radical (unpaired) electrons. The van der Waals surface area contributed by atoms with E-state index in [0.29, 0.717) is 46.6 Å². The minimum atomic E-state index is -2.92. The molecule has 3 aliphatic rings. The molecule has 7 nitrogen and oxygen atoms in total. The summed E-state index contributed by atoms with van der Waals surface area (Å²) in [6.45, 7) is 1.73. The van der Waals surface area contributed by atoms with Gasteiger partial charge in [-0.1, -0.05) is 25.1 Å². The van der Waals surface area contributed by atoms with Gasteiger partial charge in [-0.2, -0.15) is 5.26 Å². The van der Waals surface area contributed by atoms with Crippen molar-refractivity contribution in [2.45, 2.75) is 62.8 Å². The van der Waals surface area contributed by atoms with Gasteiger partial charge in [0.1, 0.15) is 17.8 Å². The molecule has 0 unspecified atom stereocenters. The van der Waals surface area contributed by atoms with E-state index in [-0.39, 0.29) is 29.0 Å². The highest BCUT2D eigenvalue weighted by atomic mass is 32.2. The molecule has 3 aromatic rings. The van der Waals surface area contributed by atoms with Crippen molar-refractivity contribution in [1.82, 2.24) is 14.5 Å². The molecule has 2 aromatic heterocycles. The molecular formula is C28H28F3N5O2S. The molecule has 3 fully saturated rings. The fourth-order valence-electron chi connectivity index (χ4n) is 6.55. The lowest BCUT2D eigenvalue weighted by Crippen LogP contribution is -2.63. The molecule has 0 N–H and O–H groups in total. The van der Waals surface area contributed by atoms with Crippen LogP contribution in [-0.4, -0.2) is 36.3 Å². The normalized spacial score (nSPS) is 28.6. The lowest BCUT2D eigenvalue weighted by atomic mass is 9.52. The van der Waals surface area contributed by atoms with Crippen LogP contribution >= 0.6 is 0 Å². The van der Waals surface area contributed by atoms with E-state index in [1.54, 1.807) is 20.0 Å². The highest BCUT2D eigenvalue weighted by Gasteiger charge is 2.63. The van der Waals surface area contributed by atoms with Crippen molar-refractivity contribution in [2.24, 2.45) is 16.8 Å². The number of aromatic nitrogens is 3. The number of alkyl halides is 2. The number of nitrogens with zero attached hydrogens (tertiary/aromatic N) is 5. The van der Waals surface area contributed by atoms with E-state index in [1.165, 1.54) is 23.0 Å². The number of aryl methyl sites for hydroxylation is 1. The minimum absolute atomic E-state index is 0.157. The maximum absolute atomic E-state index is 14.8. The Labute approximate surface area is 224 Å². The lowest BCUT2D eigenvalue weighted by Gasteiger charge is -2.58. The predicted molar refractivity (Wildman–Crippen MR) is 141 cm³/mol. The van der Waals surface area contributed by atoms with E-state index in [2.05, 4.69) is 20.4 Å². The Morgan fingerprint density at radius 2 is 1.92 bits per heavy atom. The van der Waals surface area contributed by atoms with Gasteiger partial charge in [-0.05, 0) is 55.1 Å². The van der Waals surface area contributed by atoms with Gasteiger partial charge in [-0.15, -0.1) is 0 Å². The molecule has 1 atom stereocenters. The van der Waals surface area contributed by atoms with Crippen LogP contribution in [-0.2, 0) is 28.6 Å². The molecule has 1 saturated heterocycles. The molecular weight excluding hydrogens is 527 g/mol. The average Bonchev–Trinajstić information content (AvgIpc) is 3.67. The molecule has 3 heterocycles. The Morgan fingerprint density at radius 1 is 1.23 bits per heavy atom. The van der Waals surface area contributed by atoms with Crippen LogP contribution in [0.15, 0.2) is 39.8 Å². The van der Waals surface area contributed by atoms with Crippen molar-refractivity contribution in [3.63, 3.8) is 0 Å². The molecule has 39 heavy (non-hydrogen) atoms. The summed E-state index contributed by atoms with van der Waals surface area (Å²) in [4.78, 5) is 22.1. The number of nitriles is 1. The van der Waals surface area contributed by atoms with E-state index in [0.717, 1.165) is 18.9 Å². The Bertz CT molecular complexity index is 1710. The van der Waals surface area contributed by atoms with Gasteiger partial charge in [0.05, 0.1) is 28.8 Å². The van der Waals surface area contributed by atoms with Crippen LogP contribution in [0.25, 0.3) is 11.0 Å². The molecule has 204 valence electrons. The summed E-state index contributed by atoms with van der Waals surface area (Å²) in [5, 5.41) is 10.8. The molecule has 2 aliphatic carbocycles. The maximum atomic E-state index is 14.8. The Kier molecular flexibility index (Phi) is 5.92. The van der Waals surface area contributed by atoms with Crippen molar-refractivity contribution >= 4 is 20.8 Å². The summed E-state index contributed by atoms with van der Waals surface area (Å²) in [5.74, 6) is -0.468. The fourth-order valence-corrected chi connectivity index (χ4v) is 9.69. The zero-order chi connectivity index (χ0) is 27.7. The average molecular weight is 556 g/mol. The Morgan fingerprint density at radius 3 is 2.56 bits per heavy atom. The number of fused-ring (bicyclic) bond motifs is 1. The van der Waals surface area contributed by atoms with Crippen LogP contribution in [0.3, 0.4) is 0 Å². The summed E-state index contributed by atoms with van der Waals surface area (Å²) in [7, 11) is -0.624. The third-order valence-electron chi connectivity index (χ3n) is 8.45. The highest BCUT2D eigenvalue weighted by Crippen LogP contribution is 2.61. The predicted octanol–water partition coefficient (Wildman–Crippen LogP) is 4.94. The smallest absolute Gasteiger partial charge is 0.266 e. The van der Waals surface area contributed by atoms with E-state index in [9.17, 15) is 27.4 Å². The topological polar surface area (TPSA) is 101 Å². The third kappa shape index (κ3) is 4.24. The summed E-state index contributed by atoms with van der Waals surface area (Å²) < 4.78 is 60.2. The second-order valence-corrected chi connectivity index (χ2v) is 13.9. The molecule has 0 amide bonds. The van der Waals surface area contributed by atoms with Crippen LogP contribution < -0.4 is 5.56 Å². The third-order valence-corrected chi connectivity index (χ3v) is 11.3. The Hall–Kier alpha value is -3.26. The molecule has 1 aromatic carbocycles. The van der Waals surface area contributed by atoms with E-state index in [1.807, 2.05) is 0 Å². The van der Waals surface area contributed by atoms with Crippen molar-refractivity contribution in [2.75, 3.05) is 11.5 Å². The number of hydrogen-bond acceptors (Lipinski definition) is 6. The Balaban J connectivity index is 1.34. The minimum Gasteiger partial charge on any atom is -0.295 e. The number of rotatable bonds is 6. The van der Waals surface area contributed by atoms with Crippen molar-refractivity contribution < 1.29 is 17.4 Å². The van der Waals surface area contributed by atoms with E-state index < -0.39 is 38.9 Å². The molecule has 6 rings (SSSR count). The summed E-state index contributed by atoms with van der Waals surface area (Å²) in [6.07, 6.45) is 1.49. The second kappa shape index (κ2) is 8.88. The molecule has 1 aliphatic heterocycles. The van der Waals surface area contributed by atoms with Gasteiger partial charge in [0.25, 0.3) is 12.0 Å². The zero-order valence-electron chi connectivity index (χ0n) is 21.7. The van der Waals surface area contributed by atoms with E-state index >= 15 is 0 Å². The lowest BCUT2D eigenvalue weighted by molar-refractivity contribution is 0.0913. The highest BCUT2D eigenvalue weighted by molar-refractivity contribution is 7.95. The maximum Gasteiger partial charge on any atom is 0.266 e. The van der Waals surface area contributed by atoms with Crippen molar-refractivity contribution in [3.8, 4) is 6.07 Å². The summed E-state index contributed by atoms with van der Waals surface area (Å²) >= 11 is 0. The van der Waals surface area contributed by atoms with Gasteiger partial charge in [-0.25, -0.2) is 31.7 Å². The first-order valence-electron chi connectivity index (χ1n) is 13.0. The second-order valence-electron chi connectivity index (χ2n) is 11.6. The number of pyridine rings is 1. The molecule has 0 bridgehead atoms. The van der Waals surface area contributed by atoms with Crippen molar-refractivity contribution in [3.05, 3.63) is 69.1 Å². The first kappa shape index (κ1) is 26.0. The van der Waals surface area contributed by atoms with Crippen LogP contribution in [0.1, 0.15) is 67.3 Å². The number of benzene rings is 1. The first-order chi connectivity index (χ1) is 18.5. The van der Waals surface area contributed by atoms with Gasteiger partial charge in [-0.3, -0.25) is 9.36 Å². The van der Waals surface area contributed by atoms with Gasteiger partial charge >= 0.3 is 0 Å². The summed E-state index contributed by atoms with van der Waals surface area (Å²) in [6, 6.07) is 8.25. The van der Waals surface area contributed by atoms with E-state index in [4.69, 9.17) is 0 Å². The largest absolute Gasteiger partial charge is 0.295 e. The zero-order valence-corrected chi connectivity index (χ0v) is 22.5. The van der Waals surface area contributed by atoms with Crippen LogP contribution in [0, 0.1) is 22.6 Å². The van der Waals surface area contributed by atoms with Crippen LogP contribution in [0.4, 0.5) is 13.2 Å². The van der Waals surface area contributed by atoms with Gasteiger partial charge in [0.15, 0.2) is 0 Å².